The highest BCUT2D eigenvalue weighted by Crippen LogP contribution is 2.16. The summed E-state index contributed by atoms with van der Waals surface area (Å²) in [5, 5.41) is 12.8. The second kappa shape index (κ2) is 3.82. The Kier molecular flexibility index (Phi) is 2.93. The Morgan fingerprint density at radius 1 is 1.57 bits per heavy atom. The molecule has 0 saturated carbocycles. The molecule has 4 heteroatoms. The second-order valence-corrected chi connectivity index (χ2v) is 3.95. The quantitative estimate of drug-likeness (QED) is 0.799. The first kappa shape index (κ1) is 10.8. The molecule has 0 radical (unpaired) electrons. The van der Waals surface area contributed by atoms with Crippen LogP contribution in [0.15, 0.2) is 0 Å². The zero-order chi connectivity index (χ0) is 10.9. The number of hydrogen-bond acceptors (Lipinski definition) is 2. The van der Waals surface area contributed by atoms with Crippen molar-refractivity contribution in [3.8, 4) is 0 Å². The van der Waals surface area contributed by atoms with Crippen molar-refractivity contribution >= 4 is 5.97 Å². The van der Waals surface area contributed by atoms with Crippen molar-refractivity contribution in [3.63, 3.8) is 0 Å². The molecule has 0 spiro atoms. The SMILES string of the molecule is Cc1c(C(=O)O)nn(C)c1CC(C)C. The number of aryl methyl sites for hydroxylation is 1. The van der Waals surface area contributed by atoms with Crippen molar-refractivity contribution in [3.05, 3.63) is 17.0 Å². The van der Waals surface area contributed by atoms with Crippen LogP contribution in [-0.4, -0.2) is 20.9 Å². The Morgan fingerprint density at radius 2 is 2.14 bits per heavy atom. The number of nitrogens with zero attached hydrogens (tertiary/aromatic N) is 2. The Hall–Kier alpha value is -1.32. The van der Waals surface area contributed by atoms with Crippen LogP contribution >= 0.6 is 0 Å². The topological polar surface area (TPSA) is 55.1 Å². The number of carboxylic acid groups (broad SMARTS) is 1. The van der Waals surface area contributed by atoms with Gasteiger partial charge in [0, 0.05) is 18.3 Å². The van der Waals surface area contributed by atoms with Crippen molar-refractivity contribution in [2.75, 3.05) is 0 Å². The van der Waals surface area contributed by atoms with Crippen LogP contribution in [0.2, 0.25) is 0 Å². The van der Waals surface area contributed by atoms with Gasteiger partial charge in [0.05, 0.1) is 0 Å². The van der Waals surface area contributed by atoms with Gasteiger partial charge in [-0.05, 0) is 19.3 Å². The molecule has 0 saturated heterocycles. The van der Waals surface area contributed by atoms with Crippen LogP contribution in [0.3, 0.4) is 0 Å². The summed E-state index contributed by atoms with van der Waals surface area (Å²) in [5.41, 5.74) is 1.97. The number of aromatic nitrogens is 2. The average molecular weight is 196 g/mol. The van der Waals surface area contributed by atoms with Crippen LogP contribution < -0.4 is 0 Å². The minimum atomic E-state index is -0.951. The summed E-state index contributed by atoms with van der Waals surface area (Å²) < 4.78 is 1.67. The third kappa shape index (κ3) is 1.95. The lowest BCUT2D eigenvalue weighted by Crippen LogP contribution is -2.03. The van der Waals surface area contributed by atoms with Gasteiger partial charge < -0.3 is 5.11 Å². The predicted molar refractivity (Wildman–Crippen MR) is 53.4 cm³/mol. The van der Waals surface area contributed by atoms with Crippen molar-refractivity contribution in [2.24, 2.45) is 13.0 Å². The summed E-state index contributed by atoms with van der Waals surface area (Å²) in [7, 11) is 1.79. The van der Waals surface area contributed by atoms with Crippen molar-refractivity contribution in [2.45, 2.75) is 27.2 Å². The summed E-state index contributed by atoms with van der Waals surface area (Å²) in [6.07, 6.45) is 0.864. The maximum atomic E-state index is 10.8. The predicted octanol–water partition coefficient (Wildman–Crippen LogP) is 1.63. The van der Waals surface area contributed by atoms with Crippen LogP contribution in [0.25, 0.3) is 0 Å². The standard InChI is InChI=1S/C10H16N2O2/c1-6(2)5-8-7(3)9(10(13)14)11-12(8)4/h6H,5H2,1-4H3,(H,13,14). The molecule has 0 unspecified atom stereocenters. The largest absolute Gasteiger partial charge is 0.476 e. The Morgan fingerprint density at radius 3 is 2.50 bits per heavy atom. The van der Waals surface area contributed by atoms with E-state index in [1.54, 1.807) is 11.7 Å². The van der Waals surface area contributed by atoms with Gasteiger partial charge in [0.1, 0.15) is 0 Å². The van der Waals surface area contributed by atoms with Gasteiger partial charge in [0.25, 0.3) is 0 Å². The Balaban J connectivity index is 3.11. The van der Waals surface area contributed by atoms with Crippen LogP contribution in [0.5, 0.6) is 0 Å². The van der Waals surface area contributed by atoms with E-state index in [2.05, 4.69) is 18.9 Å². The number of aromatic carboxylic acids is 1. The highest BCUT2D eigenvalue weighted by molar-refractivity contribution is 5.87. The molecule has 0 fully saturated rings. The van der Waals surface area contributed by atoms with E-state index in [1.807, 2.05) is 6.92 Å². The zero-order valence-electron chi connectivity index (χ0n) is 9.03. The number of carboxylic acids is 1. The second-order valence-electron chi connectivity index (χ2n) is 3.95. The fourth-order valence-electron chi connectivity index (χ4n) is 1.54. The van der Waals surface area contributed by atoms with Gasteiger partial charge in [-0.1, -0.05) is 13.8 Å². The Bertz CT molecular complexity index is 353. The third-order valence-electron chi connectivity index (χ3n) is 2.23. The first-order valence-electron chi connectivity index (χ1n) is 4.69. The summed E-state index contributed by atoms with van der Waals surface area (Å²) in [6.45, 7) is 6.02. The molecule has 1 aromatic rings. The monoisotopic (exact) mass is 196 g/mol. The molecule has 0 bridgehead atoms. The molecule has 1 N–H and O–H groups in total. The highest BCUT2D eigenvalue weighted by Gasteiger charge is 2.17. The maximum absolute atomic E-state index is 10.8. The van der Waals surface area contributed by atoms with Gasteiger partial charge >= 0.3 is 5.97 Å². The van der Waals surface area contributed by atoms with E-state index in [1.165, 1.54) is 0 Å². The molecule has 78 valence electrons. The molecule has 0 aliphatic heterocycles. The molecule has 1 aromatic heterocycles. The third-order valence-corrected chi connectivity index (χ3v) is 2.23. The Labute approximate surface area is 83.5 Å². The van der Waals surface area contributed by atoms with Crippen molar-refractivity contribution < 1.29 is 9.90 Å². The minimum Gasteiger partial charge on any atom is -0.476 e. The number of rotatable bonds is 3. The number of hydrogen-bond donors (Lipinski definition) is 1. The van der Waals surface area contributed by atoms with Gasteiger partial charge in [-0.3, -0.25) is 4.68 Å². The lowest BCUT2D eigenvalue weighted by molar-refractivity contribution is 0.0689. The van der Waals surface area contributed by atoms with E-state index < -0.39 is 5.97 Å². The molecule has 0 atom stereocenters. The average Bonchev–Trinajstić information content (AvgIpc) is 2.31. The summed E-state index contributed by atoms with van der Waals surface area (Å²) in [4.78, 5) is 10.8. The molecular formula is C10H16N2O2. The summed E-state index contributed by atoms with van der Waals surface area (Å²) in [5.74, 6) is -0.446. The van der Waals surface area contributed by atoms with Crippen LogP contribution in [0, 0.1) is 12.8 Å². The maximum Gasteiger partial charge on any atom is 0.356 e. The van der Waals surface area contributed by atoms with E-state index in [9.17, 15) is 4.79 Å². The van der Waals surface area contributed by atoms with Gasteiger partial charge in [-0.25, -0.2) is 4.79 Å². The van der Waals surface area contributed by atoms with Crippen molar-refractivity contribution in [1.29, 1.82) is 0 Å². The van der Waals surface area contributed by atoms with Crippen molar-refractivity contribution in [1.82, 2.24) is 9.78 Å². The smallest absolute Gasteiger partial charge is 0.356 e. The normalized spacial score (nSPS) is 10.9. The minimum absolute atomic E-state index is 0.170. The van der Waals surface area contributed by atoms with E-state index in [0.29, 0.717) is 5.92 Å². The molecular weight excluding hydrogens is 180 g/mol. The fraction of sp³-hybridized carbons (Fsp3) is 0.600. The van der Waals surface area contributed by atoms with E-state index in [-0.39, 0.29) is 5.69 Å². The molecule has 14 heavy (non-hydrogen) atoms. The van der Waals surface area contributed by atoms with Gasteiger partial charge in [0.15, 0.2) is 5.69 Å². The zero-order valence-corrected chi connectivity index (χ0v) is 9.03. The summed E-state index contributed by atoms with van der Waals surface area (Å²) >= 11 is 0. The first-order valence-corrected chi connectivity index (χ1v) is 4.69. The van der Waals surface area contributed by atoms with Crippen LogP contribution in [0.1, 0.15) is 35.6 Å². The highest BCUT2D eigenvalue weighted by atomic mass is 16.4. The van der Waals surface area contributed by atoms with E-state index in [4.69, 9.17) is 5.11 Å². The van der Waals surface area contributed by atoms with E-state index in [0.717, 1.165) is 17.7 Å². The molecule has 1 rings (SSSR count). The molecule has 0 amide bonds. The molecule has 0 aromatic carbocycles. The van der Waals surface area contributed by atoms with Gasteiger partial charge in [-0.2, -0.15) is 5.10 Å². The molecule has 4 nitrogen and oxygen atoms in total. The summed E-state index contributed by atoms with van der Waals surface area (Å²) in [6, 6.07) is 0. The number of carbonyl (C=O) groups is 1. The molecule has 0 aliphatic rings. The van der Waals surface area contributed by atoms with Crippen LogP contribution in [0.4, 0.5) is 0 Å². The molecule has 0 aliphatic carbocycles. The lowest BCUT2D eigenvalue weighted by atomic mass is 10.0. The fourth-order valence-corrected chi connectivity index (χ4v) is 1.54. The molecule has 1 heterocycles. The van der Waals surface area contributed by atoms with Gasteiger partial charge in [0.2, 0.25) is 0 Å². The van der Waals surface area contributed by atoms with E-state index >= 15 is 0 Å². The lowest BCUT2D eigenvalue weighted by Gasteiger charge is -2.05. The van der Waals surface area contributed by atoms with Gasteiger partial charge in [-0.15, -0.1) is 0 Å². The first-order chi connectivity index (χ1) is 6.43. The van der Waals surface area contributed by atoms with Crippen LogP contribution in [-0.2, 0) is 13.5 Å².